The van der Waals surface area contributed by atoms with E-state index in [1.165, 1.54) is 17.0 Å². The van der Waals surface area contributed by atoms with E-state index in [2.05, 4.69) is 31.9 Å². The van der Waals surface area contributed by atoms with Gasteiger partial charge in [-0.05, 0) is 110 Å². The molecule has 1 aliphatic carbocycles. The van der Waals surface area contributed by atoms with Crippen LogP contribution in [0.1, 0.15) is 138 Å². The molecular weight excluding hydrogens is 1310 g/mol. The molecule has 8 heterocycles. The van der Waals surface area contributed by atoms with Crippen LogP contribution in [-0.4, -0.2) is 206 Å². The van der Waals surface area contributed by atoms with Crippen LogP contribution >= 0.6 is 0 Å². The van der Waals surface area contributed by atoms with E-state index >= 15 is 0 Å². The van der Waals surface area contributed by atoms with Crippen molar-refractivity contribution >= 4 is 53.2 Å². The minimum absolute atomic E-state index is 0.0177. The second kappa shape index (κ2) is 34.2. The molecule has 2 aromatic carbocycles. The van der Waals surface area contributed by atoms with E-state index in [0.29, 0.717) is 25.8 Å². The lowest BCUT2D eigenvalue weighted by Gasteiger charge is -2.32. The van der Waals surface area contributed by atoms with Gasteiger partial charge < -0.3 is 82.5 Å². The number of alkyl carbamates (subject to hydrolysis) is 1. The highest BCUT2D eigenvalue weighted by molar-refractivity contribution is 5.99. The molecule has 5 aliphatic rings. The van der Waals surface area contributed by atoms with Crippen molar-refractivity contribution in [2.45, 2.75) is 87.9 Å². The monoisotopic (exact) mass is 1380 g/mol. The SMILES string of the molecule is NC(CCCCNC(=O)OCC1c2ccccc2-c2ccccc21)C(=O)NCCOCCNC(=O)C1CCCN(C(=O)c2cccc(=O)n2O)CCCNC(=O)c2ccc(c(=O)n2O)C(=O)N[C@@H]2COC[C@@H]2NC(=O)c2ccc(n(O)c2=O)C(=O)CCCCN1C(=O)c1cccc(=O)n1O. The molecule has 2 unspecified atom stereocenters. The molecule has 1 saturated heterocycles. The Hall–Kier alpha value is -11.5. The van der Waals surface area contributed by atoms with Gasteiger partial charge in [0.05, 0.1) is 44.6 Å². The zero-order valence-corrected chi connectivity index (χ0v) is 54.2. The lowest BCUT2D eigenvalue weighted by molar-refractivity contribution is -0.126. The Morgan fingerprint density at radius 3 is 1.77 bits per heavy atom. The maximum Gasteiger partial charge on any atom is 0.407 e. The molecule has 1 fully saturated rings. The van der Waals surface area contributed by atoms with E-state index in [1.54, 1.807) is 0 Å². The molecule has 4 atom stereocenters. The van der Waals surface area contributed by atoms with Crippen LogP contribution in [-0.2, 0) is 23.8 Å². The molecule has 33 heteroatoms. The van der Waals surface area contributed by atoms with E-state index in [-0.39, 0.29) is 129 Å². The third-order valence-corrected chi connectivity index (χ3v) is 17.2. The second-order valence-corrected chi connectivity index (χ2v) is 23.8. The first-order chi connectivity index (χ1) is 48.1. The number of nitrogens with two attached hydrogens (primary N) is 1. The highest BCUT2D eigenvalue weighted by Gasteiger charge is 2.36. The molecule has 11 rings (SSSR count). The Kier molecular flexibility index (Phi) is 24.9. The number of aromatic nitrogens is 4. The lowest BCUT2D eigenvalue weighted by atomic mass is 9.98. The fourth-order valence-electron chi connectivity index (χ4n) is 11.9. The summed E-state index contributed by atoms with van der Waals surface area (Å²) < 4.78 is 16.8. The van der Waals surface area contributed by atoms with Crippen molar-refractivity contribution < 1.29 is 78.2 Å². The van der Waals surface area contributed by atoms with Gasteiger partial charge in [0.15, 0.2) is 5.78 Å². The van der Waals surface area contributed by atoms with Crippen LogP contribution in [0.3, 0.4) is 0 Å². The molecule has 12 N–H and O–H groups in total. The maximum atomic E-state index is 14.7. The Bertz CT molecular complexity index is 4260. The molecule has 0 radical (unpaired) electrons. The molecule has 4 aliphatic heterocycles. The number of carbonyl (C=O) groups is 9. The summed E-state index contributed by atoms with van der Waals surface area (Å²) in [5.41, 5.74) is 2.48. The highest BCUT2D eigenvalue weighted by atomic mass is 16.5. The number of ether oxygens (including phenoxy) is 3. The predicted molar refractivity (Wildman–Crippen MR) is 352 cm³/mol. The molecule has 0 saturated carbocycles. The van der Waals surface area contributed by atoms with Gasteiger partial charge in [0.2, 0.25) is 11.8 Å². The number of fused-ring (bicyclic) bond motifs is 5. The van der Waals surface area contributed by atoms with Crippen molar-refractivity contribution in [2.75, 3.05) is 78.8 Å². The molecule has 100 heavy (non-hydrogen) atoms. The molecule has 530 valence electrons. The summed E-state index contributed by atoms with van der Waals surface area (Å²) in [7, 11) is 0. The summed E-state index contributed by atoms with van der Waals surface area (Å²) in [5, 5.41) is 59.1. The first kappa shape index (κ1) is 72.8. The summed E-state index contributed by atoms with van der Waals surface area (Å²) >= 11 is 0. The molecule has 8 amide bonds. The van der Waals surface area contributed by atoms with E-state index in [0.717, 1.165) is 75.7 Å². The van der Waals surface area contributed by atoms with Gasteiger partial charge in [-0.2, -0.15) is 0 Å². The molecule has 6 aromatic rings. The third kappa shape index (κ3) is 17.6. The zero-order valence-electron chi connectivity index (χ0n) is 54.2. The number of nitrogens with one attached hydrogen (secondary N) is 6. The van der Waals surface area contributed by atoms with Gasteiger partial charge in [-0.15, -0.1) is 18.9 Å². The normalized spacial score (nSPS) is 17.6. The van der Waals surface area contributed by atoms with Crippen LogP contribution in [0.25, 0.3) is 11.1 Å². The lowest BCUT2D eigenvalue weighted by Crippen LogP contribution is -2.52. The summed E-state index contributed by atoms with van der Waals surface area (Å²) in [4.78, 5) is 177. The van der Waals surface area contributed by atoms with Gasteiger partial charge >= 0.3 is 6.09 Å². The van der Waals surface area contributed by atoms with E-state index in [9.17, 15) is 83.2 Å². The third-order valence-electron chi connectivity index (χ3n) is 17.2. The summed E-state index contributed by atoms with van der Waals surface area (Å²) in [6.07, 6.45) is -0.317. The van der Waals surface area contributed by atoms with Gasteiger partial charge in [-0.3, -0.25) is 57.5 Å². The minimum atomic E-state index is -1.52. The van der Waals surface area contributed by atoms with Crippen LogP contribution in [0.15, 0.2) is 128 Å². The topological polar surface area (TPSA) is 455 Å². The van der Waals surface area contributed by atoms with E-state index in [1.807, 2.05) is 48.5 Å². The van der Waals surface area contributed by atoms with Gasteiger partial charge in [0.25, 0.3) is 51.8 Å². The van der Waals surface area contributed by atoms with Crippen LogP contribution in [0.5, 0.6) is 0 Å². The largest absolute Gasteiger partial charge is 0.449 e. The van der Waals surface area contributed by atoms with Crippen molar-refractivity contribution in [3.63, 3.8) is 0 Å². The van der Waals surface area contributed by atoms with Gasteiger partial charge in [-0.1, -0.05) is 60.7 Å². The fourth-order valence-corrected chi connectivity index (χ4v) is 11.9. The average Bonchev–Trinajstić information content (AvgIpc) is 1.58. The number of amides is 8. The Morgan fingerprint density at radius 1 is 0.570 bits per heavy atom. The number of rotatable bonds is 17. The van der Waals surface area contributed by atoms with Crippen molar-refractivity contribution in [1.82, 2.24) is 60.6 Å². The molecule has 4 aromatic heterocycles. The number of carbonyl (C=O) groups excluding carboxylic acids is 9. The number of ketones is 1. The quantitative estimate of drug-likeness (QED) is 0.0435. The van der Waals surface area contributed by atoms with Crippen LogP contribution < -0.4 is 59.9 Å². The zero-order chi connectivity index (χ0) is 71.6. The molecule has 0 spiro atoms. The van der Waals surface area contributed by atoms with Crippen molar-refractivity contribution in [3.05, 3.63) is 196 Å². The first-order valence-electron chi connectivity index (χ1n) is 32.5. The van der Waals surface area contributed by atoms with Crippen molar-refractivity contribution in [2.24, 2.45) is 5.73 Å². The average molecular weight is 1380 g/mol. The van der Waals surface area contributed by atoms with Crippen LogP contribution in [0.2, 0.25) is 0 Å². The van der Waals surface area contributed by atoms with Crippen LogP contribution in [0.4, 0.5) is 4.79 Å². The summed E-state index contributed by atoms with van der Waals surface area (Å²) in [6.45, 7) is -1.40. The number of nitrogens with zero attached hydrogens (tertiary/aromatic N) is 6. The Labute approximate surface area is 569 Å². The predicted octanol–water partition coefficient (Wildman–Crippen LogP) is 0.415. The Morgan fingerprint density at radius 2 is 1.14 bits per heavy atom. The summed E-state index contributed by atoms with van der Waals surface area (Å²) in [5.74, 6) is -7.22. The molecule has 4 bridgehead atoms. The molecular formula is C67H77N13O20. The maximum absolute atomic E-state index is 14.7. The number of hydrogen-bond donors (Lipinski definition) is 11. The minimum Gasteiger partial charge on any atom is -0.449 e. The van der Waals surface area contributed by atoms with Crippen molar-refractivity contribution in [1.29, 1.82) is 0 Å². The Balaban J connectivity index is 0.856. The van der Waals surface area contributed by atoms with E-state index < -0.39 is 140 Å². The second-order valence-electron chi connectivity index (χ2n) is 23.8. The number of unbranched alkanes of at least 4 members (excludes halogenated alkanes) is 1. The van der Waals surface area contributed by atoms with Gasteiger partial charge in [-0.25, -0.2) is 4.79 Å². The first-order valence-corrected chi connectivity index (χ1v) is 32.5. The van der Waals surface area contributed by atoms with Gasteiger partial charge in [0.1, 0.15) is 46.6 Å². The smallest absolute Gasteiger partial charge is 0.407 e. The number of benzene rings is 2. The van der Waals surface area contributed by atoms with Crippen LogP contribution in [0, 0.1) is 0 Å². The highest BCUT2D eigenvalue weighted by Crippen LogP contribution is 2.44. The summed E-state index contributed by atoms with van der Waals surface area (Å²) in [6, 6.07) is 22.1. The van der Waals surface area contributed by atoms with E-state index in [4.69, 9.17) is 19.9 Å². The number of hydrogen-bond acceptors (Lipinski definition) is 21. The number of Topliss-reactive ketones (excluding diaryl/α,β-unsaturated/α-hetero) is 1. The van der Waals surface area contributed by atoms with Crippen molar-refractivity contribution in [3.8, 4) is 11.1 Å². The van der Waals surface area contributed by atoms with Gasteiger partial charge in [0, 0.05) is 70.3 Å². The molecule has 33 nitrogen and oxygen atoms in total. The standard InChI is InChI=1S/C67H77N13O20/c68-47(17-5-7-28-72-67(93)100-37-46-42-15-3-1-13-40(42)41-14-2-4-16-43(41)46)60(86)70-30-35-98-36-31-71-61(87)51-20-11-32-75(65(91)53-18-9-22-56(82)77(53)94)33-12-29-69-62(88)52-27-25-45(64(90)80(52)97)59(85)74-49-39-99-38-48(49)73-58(84)44-24-26-50(79(96)63(44)89)55(81)21-6-8-34-76(51)66(92)54-19-10-23-57(83)78(54)95/h1-4,9-10,13-16,18-19,22-27,46-49,51,94-97H,5-8,11-12,17,20-21,28-39,68H2,(H,69,88)(H,70,86)(H,71,87)(H,72,93)(H,73,84)(H,74,85)/t47?,48-,49+,51?/m0/s1. The fraction of sp³-hybridized carbons (Fsp3) is 0.388. The number of pyridine rings is 4.